The summed E-state index contributed by atoms with van der Waals surface area (Å²) in [5.74, 6) is 1.41. The molecule has 0 radical (unpaired) electrons. The van der Waals surface area contributed by atoms with Gasteiger partial charge in [-0.15, -0.1) is 0 Å². The fourth-order valence-electron chi connectivity index (χ4n) is 2.53. The molecule has 2 aromatic heterocycles. The highest BCUT2D eigenvalue weighted by molar-refractivity contribution is 7.92. The van der Waals surface area contributed by atoms with Gasteiger partial charge in [0, 0.05) is 12.8 Å². The van der Waals surface area contributed by atoms with Crippen molar-refractivity contribution in [2.45, 2.75) is 18.4 Å². The van der Waals surface area contributed by atoms with Crippen LogP contribution in [0.15, 0.2) is 76.4 Å². The van der Waals surface area contributed by atoms with Crippen molar-refractivity contribution in [2.75, 3.05) is 24.1 Å². The fraction of sp³-hybridized carbons (Fsp3) is 0.250. The van der Waals surface area contributed by atoms with Crippen molar-refractivity contribution < 1.29 is 22.3 Å². The molecule has 0 saturated heterocycles. The van der Waals surface area contributed by atoms with Crippen LogP contribution < -0.4 is 9.04 Å². The molecule has 28 heavy (non-hydrogen) atoms. The quantitative estimate of drug-likeness (QED) is 0.483. The van der Waals surface area contributed by atoms with E-state index in [0.717, 1.165) is 0 Å². The van der Waals surface area contributed by atoms with Crippen LogP contribution in [0.4, 0.5) is 5.82 Å². The van der Waals surface area contributed by atoms with Gasteiger partial charge in [-0.05, 0) is 55.5 Å². The van der Waals surface area contributed by atoms with Crippen molar-refractivity contribution in [1.29, 1.82) is 0 Å². The summed E-state index contributed by atoms with van der Waals surface area (Å²) in [5, 5.41) is 0. The van der Waals surface area contributed by atoms with Crippen molar-refractivity contribution in [3.05, 3.63) is 72.8 Å². The number of hydrogen-bond acceptors (Lipinski definition) is 6. The minimum atomic E-state index is -3.85. The van der Waals surface area contributed by atoms with Gasteiger partial charge in [-0.3, -0.25) is 0 Å². The molecule has 0 atom stereocenters. The van der Waals surface area contributed by atoms with E-state index in [1.165, 1.54) is 22.7 Å². The summed E-state index contributed by atoms with van der Waals surface area (Å²) in [6.45, 7) is 3.46. The standard InChI is InChI=1S/C20H22N2O5S/c1-2-25-14-15-27-17-8-10-19(11-9-17)28(23,24)22(16-18-6-5-13-26-18)20-7-3-4-12-21-20/h3-13H,2,14-16H2,1H3. The Morgan fingerprint density at radius 2 is 1.86 bits per heavy atom. The van der Waals surface area contributed by atoms with Crippen LogP contribution in [-0.2, 0) is 21.3 Å². The monoisotopic (exact) mass is 402 g/mol. The van der Waals surface area contributed by atoms with Crippen molar-refractivity contribution in [1.82, 2.24) is 4.98 Å². The van der Waals surface area contributed by atoms with Crippen LogP contribution in [0.2, 0.25) is 0 Å². The van der Waals surface area contributed by atoms with Crippen LogP contribution in [0.25, 0.3) is 0 Å². The minimum absolute atomic E-state index is 0.0406. The Kier molecular flexibility index (Phi) is 6.67. The molecule has 2 heterocycles. The number of hydrogen-bond donors (Lipinski definition) is 0. The molecule has 148 valence electrons. The van der Waals surface area contributed by atoms with Gasteiger partial charge in [0.05, 0.1) is 24.3 Å². The van der Waals surface area contributed by atoms with E-state index >= 15 is 0 Å². The first-order valence-corrected chi connectivity index (χ1v) is 10.3. The smallest absolute Gasteiger partial charge is 0.265 e. The molecular formula is C20H22N2O5S. The molecule has 0 amide bonds. The van der Waals surface area contributed by atoms with E-state index in [4.69, 9.17) is 13.9 Å². The number of nitrogens with zero attached hydrogens (tertiary/aromatic N) is 2. The number of rotatable bonds is 10. The SMILES string of the molecule is CCOCCOc1ccc(S(=O)(=O)N(Cc2ccco2)c2ccccn2)cc1. The number of furan rings is 1. The topological polar surface area (TPSA) is 81.9 Å². The highest BCUT2D eigenvalue weighted by Crippen LogP contribution is 2.25. The van der Waals surface area contributed by atoms with Crippen LogP contribution in [-0.4, -0.2) is 33.2 Å². The van der Waals surface area contributed by atoms with Crippen molar-refractivity contribution in [3.63, 3.8) is 0 Å². The largest absolute Gasteiger partial charge is 0.491 e. The summed E-state index contributed by atoms with van der Waals surface area (Å²) in [5.41, 5.74) is 0. The Hall–Kier alpha value is -2.84. The second-order valence-corrected chi connectivity index (χ2v) is 7.66. The van der Waals surface area contributed by atoms with Gasteiger partial charge >= 0.3 is 0 Å². The fourth-order valence-corrected chi connectivity index (χ4v) is 3.92. The third-order valence-corrected chi connectivity index (χ3v) is 5.66. The summed E-state index contributed by atoms with van der Waals surface area (Å²) >= 11 is 0. The predicted molar refractivity (Wildman–Crippen MR) is 105 cm³/mol. The summed E-state index contributed by atoms with van der Waals surface area (Å²) in [6.07, 6.45) is 3.06. The Bertz CT molecular complexity index is 942. The molecule has 1 aromatic carbocycles. The zero-order valence-corrected chi connectivity index (χ0v) is 16.3. The highest BCUT2D eigenvalue weighted by atomic mass is 32.2. The maximum absolute atomic E-state index is 13.3. The molecule has 0 N–H and O–H groups in total. The molecule has 0 saturated carbocycles. The van der Waals surface area contributed by atoms with E-state index in [-0.39, 0.29) is 11.4 Å². The van der Waals surface area contributed by atoms with Gasteiger partial charge in [0.1, 0.15) is 23.9 Å². The molecule has 7 nitrogen and oxygen atoms in total. The maximum atomic E-state index is 13.3. The van der Waals surface area contributed by atoms with E-state index < -0.39 is 10.0 Å². The van der Waals surface area contributed by atoms with Gasteiger partial charge < -0.3 is 13.9 Å². The lowest BCUT2D eigenvalue weighted by Crippen LogP contribution is -2.31. The average Bonchev–Trinajstić information content (AvgIpc) is 3.24. The van der Waals surface area contributed by atoms with Crippen LogP contribution in [0, 0.1) is 0 Å². The molecule has 0 aliphatic rings. The molecule has 0 unspecified atom stereocenters. The lowest BCUT2D eigenvalue weighted by molar-refractivity contribution is 0.110. The molecular weight excluding hydrogens is 380 g/mol. The number of sulfonamides is 1. The second-order valence-electron chi connectivity index (χ2n) is 5.80. The predicted octanol–water partition coefficient (Wildman–Crippen LogP) is 3.49. The third kappa shape index (κ3) is 4.90. The number of benzene rings is 1. The number of ether oxygens (including phenoxy) is 2. The van der Waals surface area contributed by atoms with Crippen molar-refractivity contribution >= 4 is 15.8 Å². The van der Waals surface area contributed by atoms with Crippen LogP contribution in [0.1, 0.15) is 12.7 Å². The van der Waals surface area contributed by atoms with Gasteiger partial charge in [-0.2, -0.15) is 0 Å². The normalized spacial score (nSPS) is 11.3. The van der Waals surface area contributed by atoms with E-state index in [9.17, 15) is 8.42 Å². The first kappa shape index (κ1) is 19.9. The first-order chi connectivity index (χ1) is 13.6. The lowest BCUT2D eigenvalue weighted by Gasteiger charge is -2.22. The van der Waals surface area contributed by atoms with Crippen LogP contribution in [0.3, 0.4) is 0 Å². The highest BCUT2D eigenvalue weighted by Gasteiger charge is 2.27. The molecule has 3 rings (SSSR count). The van der Waals surface area contributed by atoms with Gasteiger partial charge in [-0.25, -0.2) is 17.7 Å². The summed E-state index contributed by atoms with van der Waals surface area (Å²) < 4.78 is 43.8. The van der Waals surface area contributed by atoms with Gasteiger partial charge in [0.15, 0.2) is 0 Å². The van der Waals surface area contributed by atoms with Crippen LogP contribution >= 0.6 is 0 Å². The van der Waals surface area contributed by atoms with E-state index in [1.807, 2.05) is 6.92 Å². The Labute approximate surface area is 164 Å². The Morgan fingerprint density at radius 1 is 1.04 bits per heavy atom. The van der Waals surface area contributed by atoms with Gasteiger partial charge in [0.25, 0.3) is 10.0 Å². The number of pyridine rings is 1. The lowest BCUT2D eigenvalue weighted by atomic mass is 10.3. The van der Waals surface area contributed by atoms with Crippen molar-refractivity contribution in [2.24, 2.45) is 0 Å². The zero-order valence-electron chi connectivity index (χ0n) is 15.5. The zero-order chi connectivity index (χ0) is 19.8. The number of anilines is 1. The summed E-state index contributed by atoms with van der Waals surface area (Å²) in [7, 11) is -3.85. The minimum Gasteiger partial charge on any atom is -0.491 e. The molecule has 0 bridgehead atoms. The van der Waals surface area contributed by atoms with E-state index in [1.54, 1.807) is 48.7 Å². The molecule has 0 aliphatic heterocycles. The first-order valence-electron chi connectivity index (χ1n) is 8.88. The average molecular weight is 402 g/mol. The summed E-state index contributed by atoms with van der Waals surface area (Å²) in [6, 6.07) is 14.8. The maximum Gasteiger partial charge on any atom is 0.265 e. The van der Waals surface area contributed by atoms with Gasteiger partial charge in [0.2, 0.25) is 0 Å². The molecule has 8 heteroatoms. The van der Waals surface area contributed by atoms with E-state index in [0.29, 0.717) is 37.1 Å². The molecule has 3 aromatic rings. The van der Waals surface area contributed by atoms with Crippen molar-refractivity contribution in [3.8, 4) is 5.75 Å². The van der Waals surface area contributed by atoms with E-state index in [2.05, 4.69) is 4.98 Å². The Morgan fingerprint density at radius 3 is 2.50 bits per heavy atom. The van der Waals surface area contributed by atoms with Crippen LogP contribution in [0.5, 0.6) is 5.75 Å². The number of aromatic nitrogens is 1. The third-order valence-electron chi connectivity index (χ3n) is 3.90. The summed E-state index contributed by atoms with van der Waals surface area (Å²) in [4.78, 5) is 4.33. The molecule has 0 fully saturated rings. The Balaban J connectivity index is 1.82. The molecule has 0 aliphatic carbocycles. The molecule has 0 spiro atoms. The second kappa shape index (κ2) is 9.38. The van der Waals surface area contributed by atoms with Gasteiger partial charge in [-0.1, -0.05) is 6.07 Å².